The first-order valence-corrected chi connectivity index (χ1v) is 5.49. The Morgan fingerprint density at radius 2 is 2.00 bits per heavy atom. The second-order valence-electron chi connectivity index (χ2n) is 3.93. The third-order valence-electron chi connectivity index (χ3n) is 2.50. The zero-order valence-electron chi connectivity index (χ0n) is 10.8. The number of Topliss-reactive ketones (excluding diaryl/α,β-unsaturated/α-hetero) is 1. The third-order valence-corrected chi connectivity index (χ3v) is 2.50. The molecule has 0 unspecified atom stereocenters. The number of carbonyl (C=O) groups is 1. The van der Waals surface area contributed by atoms with Crippen LogP contribution in [-0.2, 0) is 4.79 Å². The Labute approximate surface area is 102 Å². The normalized spacial score (nSPS) is 11.9. The maximum absolute atomic E-state index is 11.4. The van der Waals surface area contributed by atoms with Gasteiger partial charge in [-0.3, -0.25) is 9.79 Å². The topological polar surface area (TPSA) is 32.7 Å². The van der Waals surface area contributed by atoms with Crippen molar-refractivity contribution in [3.63, 3.8) is 0 Å². The molecule has 17 heavy (non-hydrogen) atoms. The van der Waals surface area contributed by atoms with E-state index in [0.717, 1.165) is 5.69 Å². The number of aryl methyl sites for hydroxylation is 1. The van der Waals surface area contributed by atoms with Crippen molar-refractivity contribution in [2.75, 3.05) is 19.0 Å². The summed E-state index contributed by atoms with van der Waals surface area (Å²) in [6, 6.07) is 8.04. The van der Waals surface area contributed by atoms with E-state index in [-0.39, 0.29) is 5.78 Å². The third kappa shape index (κ3) is 3.55. The number of para-hydroxylation sites is 1. The molecule has 1 aromatic carbocycles. The van der Waals surface area contributed by atoms with E-state index < -0.39 is 0 Å². The summed E-state index contributed by atoms with van der Waals surface area (Å²) in [7, 11) is 3.58. The van der Waals surface area contributed by atoms with E-state index in [1.807, 2.05) is 43.1 Å². The Morgan fingerprint density at radius 1 is 1.35 bits per heavy atom. The van der Waals surface area contributed by atoms with Gasteiger partial charge in [-0.05, 0) is 25.5 Å². The summed E-state index contributed by atoms with van der Waals surface area (Å²) in [6.45, 7) is 3.58. The molecule has 0 aliphatic carbocycles. The molecule has 0 atom stereocenters. The molecule has 0 spiro atoms. The van der Waals surface area contributed by atoms with Gasteiger partial charge in [-0.15, -0.1) is 0 Å². The first-order valence-electron chi connectivity index (χ1n) is 5.49. The molecule has 1 aromatic rings. The number of allylic oxidation sites excluding steroid dienone is 1. The van der Waals surface area contributed by atoms with Crippen molar-refractivity contribution < 1.29 is 4.79 Å². The zero-order valence-corrected chi connectivity index (χ0v) is 10.8. The van der Waals surface area contributed by atoms with Gasteiger partial charge in [0, 0.05) is 32.2 Å². The number of benzene rings is 1. The van der Waals surface area contributed by atoms with Crippen molar-refractivity contribution in [3.05, 3.63) is 41.6 Å². The average Bonchev–Trinajstić information content (AvgIpc) is 2.28. The van der Waals surface area contributed by atoms with E-state index in [1.165, 1.54) is 5.56 Å². The molecule has 0 aromatic heterocycles. The summed E-state index contributed by atoms with van der Waals surface area (Å²) < 4.78 is 0. The van der Waals surface area contributed by atoms with Gasteiger partial charge in [0.2, 0.25) is 0 Å². The van der Waals surface area contributed by atoms with E-state index >= 15 is 0 Å². The maximum Gasteiger partial charge on any atom is 0.162 e. The zero-order chi connectivity index (χ0) is 12.8. The first kappa shape index (κ1) is 13.2. The van der Waals surface area contributed by atoms with Crippen LogP contribution < -0.4 is 4.90 Å². The summed E-state index contributed by atoms with van der Waals surface area (Å²) in [5.74, 6) is 0.0102. The molecular weight excluding hydrogens is 212 g/mol. The van der Waals surface area contributed by atoms with Crippen LogP contribution in [-0.4, -0.2) is 26.1 Å². The van der Waals surface area contributed by atoms with Crippen LogP contribution >= 0.6 is 0 Å². The lowest BCUT2D eigenvalue weighted by molar-refractivity contribution is -0.113. The molecule has 0 saturated heterocycles. The molecule has 0 fully saturated rings. The minimum absolute atomic E-state index is 0.0102. The molecule has 0 amide bonds. The van der Waals surface area contributed by atoms with Crippen LogP contribution in [0, 0.1) is 6.92 Å². The highest BCUT2D eigenvalue weighted by Crippen LogP contribution is 2.18. The average molecular weight is 230 g/mol. The van der Waals surface area contributed by atoms with Gasteiger partial charge in [0.15, 0.2) is 5.78 Å². The largest absolute Gasteiger partial charge is 0.350 e. The second-order valence-corrected chi connectivity index (χ2v) is 3.93. The number of rotatable bonds is 4. The van der Waals surface area contributed by atoms with E-state index in [0.29, 0.717) is 5.57 Å². The smallest absolute Gasteiger partial charge is 0.162 e. The summed E-state index contributed by atoms with van der Waals surface area (Å²) >= 11 is 0. The SMILES string of the molecule is C/N=C/C(=C\N(C)c1ccccc1C)C(C)=O. The predicted octanol–water partition coefficient (Wildman–Crippen LogP) is 2.60. The van der Waals surface area contributed by atoms with Gasteiger partial charge < -0.3 is 4.90 Å². The molecule has 0 saturated carbocycles. The highest BCUT2D eigenvalue weighted by atomic mass is 16.1. The molecule has 0 heterocycles. The number of hydrogen-bond acceptors (Lipinski definition) is 3. The Bertz CT molecular complexity index is 461. The molecule has 0 N–H and O–H groups in total. The van der Waals surface area contributed by atoms with Gasteiger partial charge >= 0.3 is 0 Å². The Morgan fingerprint density at radius 3 is 2.53 bits per heavy atom. The van der Waals surface area contributed by atoms with Crippen LogP contribution in [0.25, 0.3) is 0 Å². The number of ketones is 1. The van der Waals surface area contributed by atoms with Crippen LogP contribution in [0.3, 0.4) is 0 Å². The number of anilines is 1. The highest BCUT2D eigenvalue weighted by Gasteiger charge is 2.05. The van der Waals surface area contributed by atoms with E-state index in [1.54, 1.807) is 26.4 Å². The molecule has 3 nitrogen and oxygen atoms in total. The summed E-state index contributed by atoms with van der Waals surface area (Å²) in [5, 5.41) is 0. The fourth-order valence-electron chi connectivity index (χ4n) is 1.59. The number of carbonyl (C=O) groups excluding carboxylic acids is 1. The molecular formula is C14H18N2O. The molecule has 90 valence electrons. The number of hydrogen-bond donors (Lipinski definition) is 0. The van der Waals surface area contributed by atoms with Gasteiger partial charge in [-0.25, -0.2) is 0 Å². The van der Waals surface area contributed by atoms with Gasteiger partial charge in [0.05, 0.1) is 5.57 Å². The first-order chi connectivity index (χ1) is 8.06. The Balaban J connectivity index is 3.05. The minimum atomic E-state index is 0.0102. The number of aliphatic imine (C=N–C) groups is 1. The number of nitrogens with zero attached hydrogens (tertiary/aromatic N) is 2. The van der Waals surface area contributed by atoms with E-state index in [9.17, 15) is 4.79 Å². The van der Waals surface area contributed by atoms with Crippen molar-refractivity contribution in [2.24, 2.45) is 4.99 Å². The van der Waals surface area contributed by atoms with Crippen molar-refractivity contribution in [2.45, 2.75) is 13.8 Å². The fourth-order valence-corrected chi connectivity index (χ4v) is 1.59. The van der Waals surface area contributed by atoms with Crippen LogP contribution in [0.4, 0.5) is 5.69 Å². The monoisotopic (exact) mass is 230 g/mol. The summed E-state index contributed by atoms with van der Waals surface area (Å²) in [6.07, 6.45) is 3.38. The second kappa shape index (κ2) is 5.99. The molecule has 0 aliphatic heterocycles. The lowest BCUT2D eigenvalue weighted by Gasteiger charge is -2.17. The summed E-state index contributed by atoms with van der Waals surface area (Å²) in [4.78, 5) is 17.2. The minimum Gasteiger partial charge on any atom is -0.350 e. The van der Waals surface area contributed by atoms with Gasteiger partial charge in [0.25, 0.3) is 0 Å². The Hall–Kier alpha value is -1.90. The fraction of sp³-hybridized carbons (Fsp3) is 0.286. The van der Waals surface area contributed by atoms with Gasteiger partial charge in [-0.2, -0.15) is 0 Å². The standard InChI is InChI=1S/C14H18N2O/c1-11-7-5-6-8-14(11)16(4)10-13(9-15-3)12(2)17/h5-10H,1-4H3/b13-10+,15-9+. The lowest BCUT2D eigenvalue weighted by Crippen LogP contribution is -2.13. The van der Waals surface area contributed by atoms with Crippen molar-refractivity contribution in [1.82, 2.24) is 0 Å². The Kier molecular flexibility index (Phi) is 4.64. The van der Waals surface area contributed by atoms with Crippen LogP contribution in [0.15, 0.2) is 41.0 Å². The molecule has 0 radical (unpaired) electrons. The van der Waals surface area contributed by atoms with Crippen LogP contribution in [0.2, 0.25) is 0 Å². The lowest BCUT2D eigenvalue weighted by atomic mass is 10.1. The van der Waals surface area contributed by atoms with Crippen LogP contribution in [0.5, 0.6) is 0 Å². The quantitative estimate of drug-likeness (QED) is 0.588. The van der Waals surface area contributed by atoms with Crippen molar-refractivity contribution in [3.8, 4) is 0 Å². The predicted molar refractivity (Wildman–Crippen MR) is 72.8 cm³/mol. The molecule has 1 rings (SSSR count). The van der Waals surface area contributed by atoms with E-state index in [2.05, 4.69) is 4.99 Å². The van der Waals surface area contributed by atoms with Crippen molar-refractivity contribution >= 4 is 17.7 Å². The molecule has 0 bridgehead atoms. The van der Waals surface area contributed by atoms with Crippen LogP contribution in [0.1, 0.15) is 12.5 Å². The molecule has 0 aliphatic rings. The maximum atomic E-state index is 11.4. The summed E-state index contributed by atoms with van der Waals surface area (Å²) in [5.41, 5.74) is 2.84. The molecule has 3 heteroatoms. The van der Waals surface area contributed by atoms with Gasteiger partial charge in [0.1, 0.15) is 0 Å². The van der Waals surface area contributed by atoms with Crippen molar-refractivity contribution in [1.29, 1.82) is 0 Å². The highest BCUT2D eigenvalue weighted by molar-refractivity contribution is 6.12. The van der Waals surface area contributed by atoms with Gasteiger partial charge in [-0.1, -0.05) is 18.2 Å². The van der Waals surface area contributed by atoms with E-state index in [4.69, 9.17) is 0 Å².